The van der Waals surface area contributed by atoms with Gasteiger partial charge in [-0.25, -0.2) is 9.37 Å². The molecule has 0 unspecified atom stereocenters. The summed E-state index contributed by atoms with van der Waals surface area (Å²) in [6.45, 7) is 2.52. The number of hydrogen-bond donors (Lipinski definition) is 2. The molecule has 14 heteroatoms. The monoisotopic (exact) mass is 557 g/mol. The average molecular weight is 557 g/mol. The van der Waals surface area contributed by atoms with Crippen LogP contribution in [0.1, 0.15) is 28.5 Å². The lowest BCUT2D eigenvalue weighted by atomic mass is 10.1. The first-order valence-corrected chi connectivity index (χ1v) is 11.8. The van der Waals surface area contributed by atoms with E-state index in [4.69, 9.17) is 4.74 Å². The van der Waals surface area contributed by atoms with Crippen LogP contribution in [-0.2, 0) is 22.3 Å². The van der Waals surface area contributed by atoms with Crippen LogP contribution in [0.4, 0.5) is 27.6 Å². The maximum absolute atomic E-state index is 15.1. The van der Waals surface area contributed by atoms with Crippen molar-refractivity contribution < 1.29 is 45.9 Å². The largest absolute Gasteiger partial charge is 0.588 e. The fourth-order valence-corrected chi connectivity index (χ4v) is 4.25. The van der Waals surface area contributed by atoms with Crippen LogP contribution in [-0.4, -0.2) is 43.9 Å². The fourth-order valence-electron chi connectivity index (χ4n) is 3.20. The highest BCUT2D eigenvalue weighted by molar-refractivity contribution is 7.89. The Balaban J connectivity index is 1.99. The smallest absolute Gasteiger partial charge is 0.419 e. The number of ether oxygens (including phenoxy) is 1. The second-order valence-electron chi connectivity index (χ2n) is 7.86. The standard InChI is InChI=1S/C24H20F5N3O5S/c1-12-17(9-10-19(25)30-12)37-18-8-7-16(24(27,28)29)21(26)20(18)22(34)31-14-5-4-6-15(11-14)38(36)32(3)23(35)13(2)33/h4-11,13,33H,1-3H3,(H,31,34)/t13-,38-/m1/s1. The molecule has 0 saturated carbocycles. The molecule has 0 aliphatic rings. The number of hydrogen-bond acceptors (Lipinski definition) is 6. The fraction of sp³-hybridized carbons (Fsp3) is 0.208. The highest BCUT2D eigenvalue weighted by Crippen LogP contribution is 2.38. The molecule has 0 radical (unpaired) electrons. The number of carbonyl (C=O) groups excluding carboxylic acids is 2. The van der Waals surface area contributed by atoms with Crippen LogP contribution in [0.3, 0.4) is 0 Å². The first-order chi connectivity index (χ1) is 17.7. The molecular weight excluding hydrogens is 537 g/mol. The van der Waals surface area contributed by atoms with Gasteiger partial charge in [0, 0.05) is 11.8 Å². The molecule has 8 nitrogen and oxygen atoms in total. The van der Waals surface area contributed by atoms with Crippen LogP contribution in [0.25, 0.3) is 0 Å². The molecule has 2 N–H and O–H groups in total. The Labute approximate surface area is 216 Å². The van der Waals surface area contributed by atoms with E-state index < -0.39 is 64.1 Å². The van der Waals surface area contributed by atoms with Gasteiger partial charge in [0.15, 0.2) is 10.7 Å². The van der Waals surface area contributed by atoms with Crippen LogP contribution in [0.15, 0.2) is 53.4 Å². The van der Waals surface area contributed by atoms with Crippen molar-refractivity contribution in [1.82, 2.24) is 9.29 Å². The van der Waals surface area contributed by atoms with Gasteiger partial charge in [0.2, 0.25) is 5.95 Å². The third-order valence-electron chi connectivity index (χ3n) is 5.07. The molecule has 202 valence electrons. The van der Waals surface area contributed by atoms with Gasteiger partial charge in [-0.1, -0.05) is 6.07 Å². The zero-order chi connectivity index (χ0) is 28.4. The number of aryl methyl sites for hydroxylation is 1. The van der Waals surface area contributed by atoms with Gasteiger partial charge in [0.05, 0.1) is 18.3 Å². The summed E-state index contributed by atoms with van der Waals surface area (Å²) >= 11 is -2.12. The molecular formula is C24H20F5N3O5S. The third kappa shape index (κ3) is 6.38. The van der Waals surface area contributed by atoms with Crippen molar-refractivity contribution in [2.45, 2.75) is 31.0 Å². The number of nitrogens with one attached hydrogen (secondary N) is 1. The molecule has 38 heavy (non-hydrogen) atoms. The number of aromatic nitrogens is 1. The summed E-state index contributed by atoms with van der Waals surface area (Å²) < 4.78 is 87.4. The molecule has 0 saturated heterocycles. The highest BCUT2D eigenvalue weighted by atomic mass is 32.2. The zero-order valence-electron chi connectivity index (χ0n) is 20.0. The predicted molar refractivity (Wildman–Crippen MR) is 126 cm³/mol. The van der Waals surface area contributed by atoms with Crippen molar-refractivity contribution in [1.29, 1.82) is 0 Å². The lowest BCUT2D eigenvalue weighted by Gasteiger charge is -2.21. The van der Waals surface area contributed by atoms with Crippen LogP contribution >= 0.6 is 0 Å². The molecule has 2 atom stereocenters. The summed E-state index contributed by atoms with van der Waals surface area (Å²) in [6, 6.07) is 8.26. The molecule has 2 amide bonds. The molecule has 1 aromatic heterocycles. The SMILES string of the molecule is Cc1nc(F)ccc1Oc1ccc(C(F)(F)F)c(F)c1C(=O)Nc1cccc([S@@+]([O-])N(C)C(=O)[C@@H](C)O)c1. The van der Waals surface area contributed by atoms with Crippen LogP contribution < -0.4 is 10.1 Å². The van der Waals surface area contributed by atoms with Crippen molar-refractivity contribution in [3.8, 4) is 11.5 Å². The Morgan fingerprint density at radius 2 is 1.79 bits per heavy atom. The first kappa shape index (κ1) is 28.8. The van der Waals surface area contributed by atoms with Crippen molar-refractivity contribution in [3.05, 3.63) is 77.1 Å². The second-order valence-corrected chi connectivity index (χ2v) is 9.38. The summed E-state index contributed by atoms with van der Waals surface area (Å²) in [6.07, 6.45) is -6.57. The van der Waals surface area contributed by atoms with E-state index in [9.17, 15) is 36.8 Å². The molecule has 3 aromatic rings. The van der Waals surface area contributed by atoms with Crippen LogP contribution in [0, 0.1) is 18.7 Å². The van der Waals surface area contributed by atoms with Crippen molar-refractivity contribution in [3.63, 3.8) is 0 Å². The lowest BCUT2D eigenvalue weighted by Crippen LogP contribution is -2.39. The van der Waals surface area contributed by atoms with E-state index in [1.54, 1.807) is 0 Å². The number of carbonyl (C=O) groups is 2. The summed E-state index contributed by atoms with van der Waals surface area (Å²) in [4.78, 5) is 28.5. The molecule has 0 aliphatic carbocycles. The lowest BCUT2D eigenvalue weighted by molar-refractivity contribution is -0.140. The number of likely N-dealkylation sites (N-methyl/N-ethyl adjacent to an activating group) is 1. The van der Waals surface area contributed by atoms with Gasteiger partial charge in [-0.3, -0.25) is 9.59 Å². The number of aliphatic hydroxyl groups is 1. The van der Waals surface area contributed by atoms with Crippen LogP contribution in [0.2, 0.25) is 0 Å². The minimum Gasteiger partial charge on any atom is -0.588 e. The summed E-state index contributed by atoms with van der Waals surface area (Å²) in [5, 5.41) is 11.6. The minimum absolute atomic E-state index is 0.00620. The highest BCUT2D eigenvalue weighted by Gasteiger charge is 2.37. The molecule has 0 aliphatic heterocycles. The van der Waals surface area contributed by atoms with E-state index in [0.29, 0.717) is 6.07 Å². The number of amides is 2. The van der Waals surface area contributed by atoms with Gasteiger partial charge < -0.3 is 19.7 Å². The maximum atomic E-state index is 15.1. The number of nitrogens with zero attached hydrogens (tertiary/aromatic N) is 2. The first-order valence-electron chi connectivity index (χ1n) is 10.7. The summed E-state index contributed by atoms with van der Waals surface area (Å²) in [7, 11) is 1.17. The average Bonchev–Trinajstić information content (AvgIpc) is 2.83. The van der Waals surface area contributed by atoms with Gasteiger partial charge >= 0.3 is 6.18 Å². The number of anilines is 1. The Kier molecular flexibility index (Phi) is 8.59. The summed E-state index contributed by atoms with van der Waals surface area (Å²) in [5.74, 6) is -5.70. The van der Waals surface area contributed by atoms with Gasteiger partial charge in [-0.2, -0.15) is 21.9 Å². The molecule has 3 rings (SSSR count). The topological polar surface area (TPSA) is 115 Å². The van der Waals surface area contributed by atoms with Crippen molar-refractivity contribution >= 4 is 28.9 Å². The van der Waals surface area contributed by atoms with Gasteiger partial charge in [0.1, 0.15) is 34.5 Å². The Hall–Kier alpha value is -3.75. The quantitative estimate of drug-likeness (QED) is 0.250. The molecule has 1 heterocycles. The second kappa shape index (κ2) is 11.3. The number of aliphatic hydroxyl groups excluding tert-OH is 1. The maximum Gasteiger partial charge on any atom is 0.419 e. The van der Waals surface area contributed by atoms with E-state index in [-0.39, 0.29) is 22.0 Å². The number of halogens is 5. The number of benzene rings is 2. The van der Waals surface area contributed by atoms with Gasteiger partial charge in [-0.15, -0.1) is 0 Å². The molecule has 0 fully saturated rings. The summed E-state index contributed by atoms with van der Waals surface area (Å²) in [5.41, 5.74) is -2.93. The minimum atomic E-state index is -5.14. The zero-order valence-corrected chi connectivity index (χ0v) is 20.8. The number of alkyl halides is 3. The van der Waals surface area contributed by atoms with Gasteiger partial charge in [0.25, 0.3) is 11.8 Å². The Morgan fingerprint density at radius 3 is 2.39 bits per heavy atom. The van der Waals surface area contributed by atoms with E-state index in [1.807, 2.05) is 0 Å². The molecule has 0 spiro atoms. The van der Waals surface area contributed by atoms with E-state index in [0.717, 1.165) is 28.6 Å². The Bertz CT molecular complexity index is 1370. The van der Waals surface area contributed by atoms with Crippen LogP contribution in [0.5, 0.6) is 11.5 Å². The van der Waals surface area contributed by atoms with E-state index >= 15 is 4.39 Å². The normalized spacial score (nSPS) is 13.0. The number of pyridine rings is 1. The van der Waals surface area contributed by atoms with Gasteiger partial charge in [-0.05, 0) is 50.2 Å². The third-order valence-corrected chi connectivity index (χ3v) is 6.40. The Morgan fingerprint density at radius 1 is 1.13 bits per heavy atom. The van der Waals surface area contributed by atoms with E-state index in [2.05, 4.69) is 10.3 Å². The van der Waals surface area contributed by atoms with Crippen molar-refractivity contribution in [2.24, 2.45) is 0 Å². The predicted octanol–water partition coefficient (Wildman–Crippen LogP) is 4.59. The number of rotatable bonds is 7. The van der Waals surface area contributed by atoms with Crippen molar-refractivity contribution in [2.75, 3.05) is 12.4 Å². The molecule has 0 bridgehead atoms. The molecule has 2 aromatic carbocycles. The van der Waals surface area contributed by atoms with E-state index in [1.165, 1.54) is 39.1 Å².